The van der Waals surface area contributed by atoms with Crippen molar-refractivity contribution >= 4 is 11.9 Å². The van der Waals surface area contributed by atoms with Crippen LogP contribution in [0.5, 0.6) is 5.75 Å². The summed E-state index contributed by atoms with van der Waals surface area (Å²) in [7, 11) is 0. The van der Waals surface area contributed by atoms with E-state index in [0.717, 1.165) is 65.5 Å². The summed E-state index contributed by atoms with van der Waals surface area (Å²) in [6, 6.07) is 7.13. The average molecular weight is 579 g/mol. The van der Waals surface area contributed by atoms with Crippen LogP contribution in [0.2, 0.25) is 0 Å². The fraction of sp³-hybridized carbons (Fsp3) is 0.424. The molecule has 2 aromatic carbocycles. The van der Waals surface area contributed by atoms with Gasteiger partial charge in [0.15, 0.2) is 0 Å². The number of aliphatic carboxylic acids is 1. The minimum atomic E-state index is -1.21. The van der Waals surface area contributed by atoms with Gasteiger partial charge in [-0.15, -0.1) is 0 Å². The highest BCUT2D eigenvalue weighted by Gasteiger charge is 2.33. The molecule has 7 nitrogen and oxygen atoms in total. The van der Waals surface area contributed by atoms with Crippen molar-refractivity contribution in [3.63, 3.8) is 0 Å². The highest BCUT2D eigenvalue weighted by Crippen LogP contribution is 2.46. The molecule has 1 saturated carbocycles. The van der Waals surface area contributed by atoms with E-state index in [1.54, 1.807) is 6.07 Å². The first-order valence-corrected chi connectivity index (χ1v) is 14.6. The van der Waals surface area contributed by atoms with E-state index in [1.807, 2.05) is 32.0 Å². The predicted molar refractivity (Wildman–Crippen MR) is 155 cm³/mol. The number of fused-ring (bicyclic) bond motifs is 4. The molecule has 0 unspecified atom stereocenters. The van der Waals surface area contributed by atoms with Crippen molar-refractivity contribution in [2.24, 2.45) is 0 Å². The summed E-state index contributed by atoms with van der Waals surface area (Å²) in [4.78, 5) is 38.4. The molecule has 2 bridgehead atoms. The van der Waals surface area contributed by atoms with Crippen LogP contribution in [0.4, 0.5) is 8.78 Å². The SMILES string of the molecule is Cc1cc(C)c2c(c1)OCCCCCC[C@H](n1ccc(F)cc1=O)C(=O)N[C@@H](CC(=O)O)c1cc-2cc(C2CC2)c1F. The molecule has 1 aromatic heterocycles. The highest BCUT2D eigenvalue weighted by atomic mass is 19.1. The summed E-state index contributed by atoms with van der Waals surface area (Å²) in [5, 5.41) is 12.6. The Hall–Kier alpha value is -4.01. The van der Waals surface area contributed by atoms with E-state index in [4.69, 9.17) is 4.74 Å². The number of hydrogen-bond donors (Lipinski definition) is 2. The third-order valence-corrected chi connectivity index (χ3v) is 8.13. The number of rotatable bonds is 4. The molecular formula is C33H36F2N2O5. The van der Waals surface area contributed by atoms with Gasteiger partial charge in [0.2, 0.25) is 5.91 Å². The number of aromatic nitrogens is 1. The van der Waals surface area contributed by atoms with Crippen LogP contribution in [0.3, 0.4) is 0 Å². The molecule has 42 heavy (non-hydrogen) atoms. The quantitative estimate of drug-likeness (QED) is 0.368. The van der Waals surface area contributed by atoms with Crippen molar-refractivity contribution in [1.29, 1.82) is 0 Å². The zero-order valence-corrected chi connectivity index (χ0v) is 23.9. The molecule has 2 atom stereocenters. The van der Waals surface area contributed by atoms with E-state index in [1.165, 1.54) is 6.20 Å². The van der Waals surface area contributed by atoms with Gasteiger partial charge in [0, 0.05) is 23.4 Å². The maximum atomic E-state index is 16.2. The van der Waals surface area contributed by atoms with E-state index < -0.39 is 47.6 Å². The molecule has 0 spiro atoms. The molecule has 2 heterocycles. The second-order valence-corrected chi connectivity index (χ2v) is 11.5. The Kier molecular flexibility index (Phi) is 8.75. The Labute approximate surface area is 243 Å². The summed E-state index contributed by atoms with van der Waals surface area (Å²) < 4.78 is 37.4. The van der Waals surface area contributed by atoms with Crippen LogP contribution in [-0.2, 0) is 9.59 Å². The number of carboxylic acid groups (broad SMARTS) is 1. The van der Waals surface area contributed by atoms with Crippen LogP contribution >= 0.6 is 0 Å². The summed E-state index contributed by atoms with van der Waals surface area (Å²) in [6.07, 6.45) is 5.56. The lowest BCUT2D eigenvalue weighted by Gasteiger charge is -2.26. The second kappa shape index (κ2) is 12.5. The third kappa shape index (κ3) is 6.55. The number of pyridine rings is 1. The molecule has 1 fully saturated rings. The molecule has 2 N–H and O–H groups in total. The number of aryl methyl sites for hydroxylation is 2. The number of carbonyl (C=O) groups excluding carboxylic acids is 1. The Morgan fingerprint density at radius 2 is 1.74 bits per heavy atom. The van der Waals surface area contributed by atoms with Gasteiger partial charge in [-0.1, -0.05) is 25.3 Å². The molecule has 5 rings (SSSR count). The third-order valence-electron chi connectivity index (χ3n) is 8.13. The van der Waals surface area contributed by atoms with Gasteiger partial charge in [0.25, 0.3) is 5.56 Å². The molecule has 2 aliphatic rings. The van der Waals surface area contributed by atoms with Gasteiger partial charge in [-0.05, 0) is 92.0 Å². The lowest BCUT2D eigenvalue weighted by molar-refractivity contribution is -0.138. The number of benzene rings is 2. The van der Waals surface area contributed by atoms with Crippen molar-refractivity contribution in [2.45, 2.75) is 83.2 Å². The molecule has 3 aromatic rings. The van der Waals surface area contributed by atoms with Crippen molar-refractivity contribution in [3.05, 3.63) is 86.8 Å². The van der Waals surface area contributed by atoms with E-state index in [9.17, 15) is 23.9 Å². The van der Waals surface area contributed by atoms with Gasteiger partial charge < -0.3 is 19.7 Å². The zero-order chi connectivity index (χ0) is 30.0. The first-order chi connectivity index (χ1) is 20.1. The number of carbonyl (C=O) groups is 2. The standard InChI is InChI=1S/C33H36F2N2O5/c1-19-13-20(2)31-22-15-24(21-8-9-21)32(35)25(16-22)26(18-30(39)40)36-33(41)27(37-11-10-23(34)17-29(37)38)7-5-3-4-6-12-42-28(31)14-19/h10-11,13-17,21,26-27H,3-9,12,18H2,1-2H3,(H,36,41)(H,39,40)/t26-,27-/m0/s1. The van der Waals surface area contributed by atoms with E-state index in [2.05, 4.69) is 5.32 Å². The minimum Gasteiger partial charge on any atom is -0.493 e. The number of carboxylic acids is 1. The Morgan fingerprint density at radius 1 is 1.00 bits per heavy atom. The lowest BCUT2D eigenvalue weighted by Crippen LogP contribution is -2.39. The molecule has 1 aliphatic heterocycles. The predicted octanol–water partition coefficient (Wildman–Crippen LogP) is 6.50. The number of amides is 1. The maximum absolute atomic E-state index is 16.2. The van der Waals surface area contributed by atoms with Gasteiger partial charge in [-0.2, -0.15) is 0 Å². The van der Waals surface area contributed by atoms with E-state index >= 15 is 4.39 Å². The van der Waals surface area contributed by atoms with Crippen LogP contribution in [0.15, 0.2) is 47.4 Å². The topological polar surface area (TPSA) is 97.6 Å². The number of nitrogens with one attached hydrogen (secondary N) is 1. The van der Waals surface area contributed by atoms with Crippen LogP contribution in [0.1, 0.15) is 91.6 Å². The van der Waals surface area contributed by atoms with Gasteiger partial charge in [-0.3, -0.25) is 14.4 Å². The Balaban J connectivity index is 1.66. The normalized spacial score (nSPS) is 19.9. The lowest BCUT2D eigenvalue weighted by atomic mass is 9.90. The summed E-state index contributed by atoms with van der Waals surface area (Å²) in [5.74, 6) is -2.37. The van der Waals surface area contributed by atoms with Gasteiger partial charge in [-0.25, -0.2) is 8.78 Å². The first-order valence-electron chi connectivity index (χ1n) is 14.6. The number of halogens is 2. The second-order valence-electron chi connectivity index (χ2n) is 11.5. The molecule has 0 radical (unpaired) electrons. The number of nitrogens with zero attached hydrogens (tertiary/aromatic N) is 1. The first kappa shape index (κ1) is 29.5. The van der Waals surface area contributed by atoms with Gasteiger partial charge in [0.1, 0.15) is 23.4 Å². The smallest absolute Gasteiger partial charge is 0.305 e. The molecular weight excluding hydrogens is 542 g/mol. The van der Waals surface area contributed by atoms with Crippen molar-refractivity contribution < 1.29 is 28.2 Å². The molecule has 1 aliphatic carbocycles. The van der Waals surface area contributed by atoms with E-state index in [-0.39, 0.29) is 17.9 Å². The average Bonchev–Trinajstić information content (AvgIpc) is 3.75. The Morgan fingerprint density at radius 3 is 2.45 bits per heavy atom. The number of ether oxygens (including phenoxy) is 1. The van der Waals surface area contributed by atoms with E-state index in [0.29, 0.717) is 29.9 Å². The minimum absolute atomic E-state index is 0.0103. The van der Waals surface area contributed by atoms with Crippen LogP contribution in [0, 0.1) is 25.5 Å². The Bertz CT molecular complexity index is 1560. The van der Waals surface area contributed by atoms with Gasteiger partial charge >= 0.3 is 5.97 Å². The van der Waals surface area contributed by atoms with Crippen LogP contribution in [-0.4, -0.2) is 28.2 Å². The largest absolute Gasteiger partial charge is 0.493 e. The summed E-state index contributed by atoms with van der Waals surface area (Å²) in [6.45, 7) is 4.43. The zero-order valence-electron chi connectivity index (χ0n) is 23.9. The summed E-state index contributed by atoms with van der Waals surface area (Å²) >= 11 is 0. The molecule has 0 saturated heterocycles. The van der Waals surface area contributed by atoms with Gasteiger partial charge in [0.05, 0.1) is 19.1 Å². The summed E-state index contributed by atoms with van der Waals surface area (Å²) in [5.41, 5.74) is 3.37. The maximum Gasteiger partial charge on any atom is 0.305 e. The van der Waals surface area contributed by atoms with Crippen LogP contribution < -0.4 is 15.6 Å². The fourth-order valence-corrected chi connectivity index (χ4v) is 5.95. The molecule has 222 valence electrons. The molecule has 1 amide bonds. The fourth-order valence-electron chi connectivity index (χ4n) is 5.95. The van der Waals surface area contributed by atoms with Crippen LogP contribution in [0.25, 0.3) is 11.1 Å². The molecule has 9 heteroatoms. The van der Waals surface area contributed by atoms with Crippen molar-refractivity contribution in [2.75, 3.05) is 6.61 Å². The highest BCUT2D eigenvalue weighted by molar-refractivity contribution is 5.82. The van der Waals surface area contributed by atoms with Crippen molar-refractivity contribution in [3.8, 4) is 16.9 Å². The van der Waals surface area contributed by atoms with Crippen molar-refractivity contribution in [1.82, 2.24) is 9.88 Å². The monoisotopic (exact) mass is 578 g/mol. The number of hydrogen-bond acceptors (Lipinski definition) is 4.